The number of hydrogen-bond donors (Lipinski definition) is 0. The van der Waals surface area contributed by atoms with Gasteiger partial charge < -0.3 is 18.6 Å². The fourth-order valence-electron chi connectivity index (χ4n) is 12.4. The van der Waals surface area contributed by atoms with E-state index < -0.39 is 11.9 Å². The smallest absolute Gasteiger partial charge is 0.338 e. The van der Waals surface area contributed by atoms with E-state index in [0.717, 1.165) is 88.1 Å². The molecule has 0 spiro atoms. The molecule has 0 atom stereocenters. The van der Waals surface area contributed by atoms with Gasteiger partial charge in [-0.3, -0.25) is 0 Å². The number of rotatable bonds is 14. The predicted molar refractivity (Wildman–Crippen MR) is 366 cm³/mol. The topological polar surface area (TPSA) is 172 Å². The lowest BCUT2D eigenvalue weighted by Gasteiger charge is -2.18. The molecule has 0 fully saturated rings. The van der Waals surface area contributed by atoms with Crippen molar-refractivity contribution < 1.29 is 19.1 Å². The maximum absolute atomic E-state index is 13.9. The first-order chi connectivity index (χ1) is 46.2. The molecule has 12 heteroatoms. The maximum Gasteiger partial charge on any atom is 0.338 e. The van der Waals surface area contributed by atoms with Crippen molar-refractivity contribution in [3.63, 3.8) is 0 Å². The van der Waals surface area contributed by atoms with Crippen LogP contribution in [0.15, 0.2) is 279 Å². The molecule has 0 unspecified atom stereocenters. The van der Waals surface area contributed by atoms with Crippen LogP contribution in [0, 0.1) is 34.0 Å². The first kappa shape index (κ1) is 57.1. The summed E-state index contributed by atoms with van der Waals surface area (Å²) >= 11 is 0. The van der Waals surface area contributed by atoms with Crippen molar-refractivity contribution in [2.45, 2.75) is 13.2 Å². The van der Waals surface area contributed by atoms with Gasteiger partial charge in [0.25, 0.3) is 0 Å². The summed E-state index contributed by atoms with van der Waals surface area (Å²) in [4.78, 5) is 44.4. The van der Waals surface area contributed by atoms with Crippen LogP contribution in [-0.2, 0) is 22.7 Å². The third kappa shape index (κ3) is 10.9. The van der Waals surface area contributed by atoms with E-state index >= 15 is 0 Å². The van der Waals surface area contributed by atoms with Crippen LogP contribution in [0.1, 0.15) is 48.5 Å². The Bertz CT molecular complexity index is 5380. The van der Waals surface area contributed by atoms with Gasteiger partial charge in [-0.15, -0.1) is 0 Å². The number of ether oxygens (including phenoxy) is 2. The molecule has 0 saturated heterocycles. The average molecular weight is 1210 g/mol. The minimum atomic E-state index is -0.456. The first-order valence-electron chi connectivity index (χ1n) is 30.4. The van der Waals surface area contributed by atoms with Gasteiger partial charge in [0, 0.05) is 38.2 Å². The highest BCUT2D eigenvalue weighted by atomic mass is 16.5. The Morgan fingerprint density at radius 2 is 0.681 bits per heavy atom. The van der Waals surface area contributed by atoms with Gasteiger partial charge in [0.2, 0.25) is 0 Å². The zero-order chi connectivity index (χ0) is 63.7. The molecule has 94 heavy (non-hydrogen) atoms. The van der Waals surface area contributed by atoms with Crippen LogP contribution in [0.2, 0.25) is 0 Å². The SMILES string of the molecule is N#Cc1cccc(-c2cccc(-c3nc(-c4ccc(-c5cccc(C#N)c5)cc4-n4c5ccccc5c5cc(C(=O)OCc6ccccc6)ccc54)nc(-c4ccc(-c5cccc(C#N)c5)cc4-n4c5ccccc5c5cc(C(=O)OCc6ccccc6)ccc54)n3)c2)c1. The summed E-state index contributed by atoms with van der Waals surface area (Å²) in [5.41, 5.74) is 15.6. The number of carbonyl (C=O) groups is 2. The van der Waals surface area contributed by atoms with Gasteiger partial charge in [0.15, 0.2) is 17.5 Å². The lowest BCUT2D eigenvalue weighted by molar-refractivity contribution is 0.0464. The van der Waals surface area contributed by atoms with Crippen LogP contribution in [0.25, 0.3) is 123 Å². The summed E-state index contributed by atoms with van der Waals surface area (Å²) in [7, 11) is 0. The van der Waals surface area contributed by atoms with E-state index in [1.807, 2.05) is 224 Å². The number of aromatic nitrogens is 5. The van der Waals surface area contributed by atoms with Crippen LogP contribution >= 0.6 is 0 Å². The highest BCUT2D eigenvalue weighted by Crippen LogP contribution is 2.42. The number of hydrogen-bond acceptors (Lipinski definition) is 10. The number of benzene rings is 12. The van der Waals surface area contributed by atoms with Crippen molar-refractivity contribution >= 4 is 55.6 Å². The van der Waals surface area contributed by atoms with Gasteiger partial charge in [0.1, 0.15) is 13.2 Å². The fraction of sp³-hybridized carbons (Fsp3) is 0.0244. The second-order valence-corrected chi connectivity index (χ2v) is 22.7. The molecule has 0 radical (unpaired) electrons. The van der Waals surface area contributed by atoms with Crippen LogP contribution in [-0.4, -0.2) is 36.0 Å². The molecular weight excluding hydrogens is 1160 g/mol. The summed E-state index contributed by atoms with van der Waals surface area (Å²) in [5.74, 6) is 0.0988. The lowest BCUT2D eigenvalue weighted by atomic mass is 9.99. The van der Waals surface area contributed by atoms with E-state index in [0.29, 0.717) is 73.4 Å². The highest BCUT2D eigenvalue weighted by Gasteiger charge is 2.25. The molecule has 0 aliphatic heterocycles. The summed E-state index contributed by atoms with van der Waals surface area (Å²) < 4.78 is 16.1. The summed E-state index contributed by atoms with van der Waals surface area (Å²) in [6.45, 7) is 0.235. The Hall–Kier alpha value is -13.3. The van der Waals surface area contributed by atoms with Crippen LogP contribution in [0.4, 0.5) is 0 Å². The second kappa shape index (κ2) is 24.6. The molecule has 15 aromatic rings. The standard InChI is InChI=1S/C82H50N8O4/c83-47-54-19-11-22-57(39-54)60-25-14-26-63(42-60)78-86-79(68-35-31-61(58-23-12-20-55(40-58)48-84)45-76(68)89-72-29-9-7-27-66(72)70-43-64(33-37-74(70)89)81(91)93-50-52-15-3-1-4-16-52)88-80(87-78)69-36-32-62(59-24-13-21-56(41-59)49-85)46-77(69)90-73-30-10-8-28-67(73)71-44-65(34-38-75(71)90)82(92)94-51-53-17-5-2-6-18-53/h1-46H,50-51H2. The number of nitriles is 3. The molecule has 0 aliphatic carbocycles. The first-order valence-corrected chi connectivity index (χ1v) is 30.4. The highest BCUT2D eigenvalue weighted by molar-refractivity contribution is 6.13. The van der Waals surface area contributed by atoms with Crippen molar-refractivity contribution in [1.82, 2.24) is 24.1 Å². The second-order valence-electron chi connectivity index (χ2n) is 22.7. The molecule has 0 bridgehead atoms. The third-order valence-electron chi connectivity index (χ3n) is 16.9. The van der Waals surface area contributed by atoms with E-state index in [9.17, 15) is 25.4 Å². The molecular formula is C82H50N8O4. The van der Waals surface area contributed by atoms with E-state index in [2.05, 4.69) is 51.6 Å². The van der Waals surface area contributed by atoms with Crippen LogP contribution in [0.5, 0.6) is 0 Å². The van der Waals surface area contributed by atoms with Gasteiger partial charge in [0.05, 0.1) is 79.5 Å². The monoisotopic (exact) mass is 1210 g/mol. The van der Waals surface area contributed by atoms with Gasteiger partial charge in [-0.1, -0.05) is 164 Å². The van der Waals surface area contributed by atoms with Crippen molar-refractivity contribution in [2.24, 2.45) is 0 Å². The minimum absolute atomic E-state index is 0.117. The normalized spacial score (nSPS) is 11.1. The predicted octanol–water partition coefficient (Wildman–Crippen LogP) is 18.4. The molecule has 3 heterocycles. The quantitative estimate of drug-likeness (QED) is 0.0954. The molecule has 15 rings (SSSR count). The Morgan fingerprint density at radius 3 is 1.12 bits per heavy atom. The third-order valence-corrected chi connectivity index (χ3v) is 16.9. The number of nitrogens with zero attached hydrogens (tertiary/aromatic N) is 8. The summed E-state index contributed by atoms with van der Waals surface area (Å²) in [6.07, 6.45) is 0. The molecule has 442 valence electrons. The van der Waals surface area contributed by atoms with E-state index in [1.165, 1.54) is 0 Å². The molecule has 0 amide bonds. The van der Waals surface area contributed by atoms with Gasteiger partial charge in [-0.25, -0.2) is 24.5 Å². The van der Waals surface area contributed by atoms with Gasteiger partial charge >= 0.3 is 11.9 Å². The van der Waals surface area contributed by atoms with E-state index in [-0.39, 0.29) is 13.2 Å². The van der Waals surface area contributed by atoms with Crippen molar-refractivity contribution in [1.29, 1.82) is 15.8 Å². The molecule has 12 nitrogen and oxygen atoms in total. The van der Waals surface area contributed by atoms with Crippen molar-refractivity contribution in [2.75, 3.05) is 0 Å². The molecule has 3 aromatic heterocycles. The van der Waals surface area contributed by atoms with E-state index in [1.54, 1.807) is 30.3 Å². The van der Waals surface area contributed by atoms with Crippen molar-refractivity contribution in [3.05, 3.63) is 318 Å². The average Bonchev–Trinajstić information content (AvgIpc) is 1.56. The van der Waals surface area contributed by atoms with Crippen molar-refractivity contribution in [3.8, 4) is 97.1 Å². The van der Waals surface area contributed by atoms with Crippen LogP contribution < -0.4 is 0 Å². The number of fused-ring (bicyclic) bond motifs is 6. The number of para-hydroxylation sites is 2. The number of esters is 2. The minimum Gasteiger partial charge on any atom is -0.457 e. The van der Waals surface area contributed by atoms with Gasteiger partial charge in [-0.2, -0.15) is 15.8 Å². The fourth-order valence-corrected chi connectivity index (χ4v) is 12.4. The molecule has 0 aliphatic rings. The van der Waals surface area contributed by atoms with Gasteiger partial charge in [-0.05, 0) is 160 Å². The lowest BCUT2D eigenvalue weighted by Crippen LogP contribution is -2.07. The molecule has 12 aromatic carbocycles. The number of carbonyl (C=O) groups excluding carboxylic acids is 2. The summed E-state index contributed by atoms with van der Waals surface area (Å²) in [6, 6.07) is 96.0. The zero-order valence-corrected chi connectivity index (χ0v) is 50.2. The Morgan fingerprint density at radius 1 is 0.319 bits per heavy atom. The van der Waals surface area contributed by atoms with E-state index in [4.69, 9.17) is 24.4 Å². The Kier molecular flexibility index (Phi) is 14.9. The zero-order valence-electron chi connectivity index (χ0n) is 50.2. The Balaban J connectivity index is 0.974. The largest absolute Gasteiger partial charge is 0.457 e. The summed E-state index contributed by atoms with van der Waals surface area (Å²) in [5, 5.41) is 33.7. The molecule has 0 saturated carbocycles. The molecule has 0 N–H and O–H groups in total. The Labute approximate surface area is 540 Å². The maximum atomic E-state index is 13.9. The van der Waals surface area contributed by atoms with Crippen LogP contribution in [0.3, 0.4) is 0 Å².